The van der Waals surface area contributed by atoms with E-state index in [0.29, 0.717) is 0 Å². The molecule has 10 rings (SSSR count). The van der Waals surface area contributed by atoms with Gasteiger partial charge in [-0.05, 0) is 84.2 Å². The van der Waals surface area contributed by atoms with E-state index in [9.17, 15) is 0 Å². The zero-order chi connectivity index (χ0) is 33.0. The summed E-state index contributed by atoms with van der Waals surface area (Å²) < 4.78 is 9.21. The highest BCUT2D eigenvalue weighted by atomic mass is 32.1. The first-order valence-electron chi connectivity index (χ1n) is 16.8. The fraction of sp³-hybridized carbons (Fsp3) is 0. The number of furan rings is 1. The van der Waals surface area contributed by atoms with E-state index >= 15 is 0 Å². The molecule has 0 spiro atoms. The molecule has 0 radical (unpaired) electrons. The Bertz CT molecular complexity index is 2730. The summed E-state index contributed by atoms with van der Waals surface area (Å²) in [7, 11) is 0. The monoisotopic (exact) mass is 658 g/mol. The van der Waals surface area contributed by atoms with Crippen molar-refractivity contribution in [3.05, 3.63) is 182 Å². The van der Waals surface area contributed by atoms with Gasteiger partial charge in [0.2, 0.25) is 0 Å². The van der Waals surface area contributed by atoms with Crippen molar-refractivity contribution in [1.29, 1.82) is 0 Å². The molecule has 0 amide bonds. The van der Waals surface area contributed by atoms with E-state index in [0.717, 1.165) is 50.4 Å². The van der Waals surface area contributed by atoms with Crippen LogP contribution in [0.15, 0.2) is 186 Å². The number of anilines is 6. The number of thiophene rings is 1. The zero-order valence-corrected chi connectivity index (χ0v) is 27.8. The van der Waals surface area contributed by atoms with Gasteiger partial charge < -0.3 is 14.2 Å². The lowest BCUT2D eigenvalue weighted by molar-refractivity contribution is 0.669. The van der Waals surface area contributed by atoms with Crippen LogP contribution in [0, 0.1) is 0 Å². The van der Waals surface area contributed by atoms with Gasteiger partial charge in [0, 0.05) is 70.8 Å². The van der Waals surface area contributed by atoms with Gasteiger partial charge in [-0.15, -0.1) is 11.3 Å². The van der Waals surface area contributed by atoms with Crippen molar-refractivity contribution < 1.29 is 4.42 Å². The van der Waals surface area contributed by atoms with Crippen LogP contribution < -0.4 is 9.80 Å². The second-order valence-corrected chi connectivity index (χ2v) is 13.6. The molecule has 0 unspecified atom stereocenters. The molecule has 0 aliphatic carbocycles. The first kappa shape index (κ1) is 28.6. The van der Waals surface area contributed by atoms with Gasteiger partial charge in [0.15, 0.2) is 0 Å². The molecule has 0 N–H and O–H groups in total. The van der Waals surface area contributed by atoms with Gasteiger partial charge in [-0.25, -0.2) is 0 Å². The first-order valence-corrected chi connectivity index (χ1v) is 17.7. The number of nitrogens with zero attached hydrogens (tertiary/aromatic N) is 2. The maximum atomic E-state index is 6.70. The summed E-state index contributed by atoms with van der Waals surface area (Å²) in [6, 6.07) is 64.6. The summed E-state index contributed by atoms with van der Waals surface area (Å²) in [4.78, 5) is 4.65. The zero-order valence-electron chi connectivity index (χ0n) is 27.0. The molecule has 0 bridgehead atoms. The molecule has 0 aliphatic rings. The van der Waals surface area contributed by atoms with E-state index in [1.165, 1.54) is 36.6 Å². The topological polar surface area (TPSA) is 19.6 Å². The molecular weight excluding hydrogens is 629 g/mol. The van der Waals surface area contributed by atoms with E-state index in [1.807, 2.05) is 11.3 Å². The molecule has 0 saturated heterocycles. The van der Waals surface area contributed by atoms with Crippen LogP contribution in [0.5, 0.6) is 0 Å². The van der Waals surface area contributed by atoms with Crippen LogP contribution in [0.1, 0.15) is 0 Å². The Balaban J connectivity index is 1.16. The summed E-state index contributed by atoms with van der Waals surface area (Å²) in [5.41, 5.74) is 8.47. The number of benzene rings is 8. The number of rotatable bonds is 6. The fourth-order valence-electron chi connectivity index (χ4n) is 7.39. The summed E-state index contributed by atoms with van der Waals surface area (Å²) in [5, 5.41) is 7.20. The van der Waals surface area contributed by atoms with E-state index in [4.69, 9.17) is 4.42 Å². The Morgan fingerprint density at radius 2 is 0.860 bits per heavy atom. The van der Waals surface area contributed by atoms with Gasteiger partial charge in [-0.1, -0.05) is 97.1 Å². The van der Waals surface area contributed by atoms with Crippen molar-refractivity contribution in [2.24, 2.45) is 0 Å². The van der Waals surface area contributed by atoms with Gasteiger partial charge in [0.05, 0.1) is 5.69 Å². The summed E-state index contributed by atoms with van der Waals surface area (Å²) in [6.45, 7) is 0. The van der Waals surface area contributed by atoms with Crippen LogP contribution in [-0.4, -0.2) is 0 Å². The van der Waals surface area contributed by atoms with E-state index in [1.54, 1.807) is 0 Å². The molecule has 50 heavy (non-hydrogen) atoms. The van der Waals surface area contributed by atoms with Crippen molar-refractivity contribution >= 4 is 98.3 Å². The van der Waals surface area contributed by atoms with Crippen molar-refractivity contribution in [2.45, 2.75) is 0 Å². The first-order chi connectivity index (χ1) is 24.8. The number of para-hydroxylation sites is 4. The predicted octanol–water partition coefficient (Wildman–Crippen LogP) is 14.0. The van der Waals surface area contributed by atoms with Crippen LogP contribution in [0.2, 0.25) is 0 Å². The molecular formula is C46H30N2OS. The molecule has 0 saturated carbocycles. The molecule has 0 aliphatic heterocycles. The molecule has 10 aromatic rings. The SMILES string of the molecule is c1ccc(N(c2ccccc2)c2ccc3c(c2)oc2cc4c(cc23)sc2cc(N(c3ccccc3)c3ccccc3)c3ccccc3c24)cc1. The average molecular weight is 659 g/mol. The van der Waals surface area contributed by atoms with Crippen molar-refractivity contribution in [2.75, 3.05) is 9.80 Å². The lowest BCUT2D eigenvalue weighted by Crippen LogP contribution is -2.10. The van der Waals surface area contributed by atoms with Crippen molar-refractivity contribution in [1.82, 2.24) is 0 Å². The largest absolute Gasteiger partial charge is 0.456 e. The highest BCUT2D eigenvalue weighted by Gasteiger charge is 2.21. The van der Waals surface area contributed by atoms with Crippen LogP contribution in [-0.2, 0) is 0 Å². The van der Waals surface area contributed by atoms with E-state index in [2.05, 4.69) is 192 Å². The second kappa shape index (κ2) is 11.7. The number of hydrogen-bond acceptors (Lipinski definition) is 4. The minimum atomic E-state index is 0.879. The van der Waals surface area contributed by atoms with Crippen LogP contribution in [0.25, 0.3) is 52.9 Å². The van der Waals surface area contributed by atoms with Gasteiger partial charge in [-0.3, -0.25) is 0 Å². The van der Waals surface area contributed by atoms with Gasteiger partial charge >= 0.3 is 0 Å². The number of fused-ring (bicyclic) bond motifs is 8. The summed E-state index contributed by atoms with van der Waals surface area (Å²) in [6.07, 6.45) is 0. The highest BCUT2D eigenvalue weighted by molar-refractivity contribution is 7.26. The van der Waals surface area contributed by atoms with Crippen LogP contribution in [0.3, 0.4) is 0 Å². The van der Waals surface area contributed by atoms with Crippen molar-refractivity contribution in [3.8, 4) is 0 Å². The summed E-state index contributed by atoms with van der Waals surface area (Å²) >= 11 is 1.85. The molecule has 0 atom stereocenters. The molecule has 2 aromatic heterocycles. The minimum Gasteiger partial charge on any atom is -0.456 e. The third-order valence-electron chi connectivity index (χ3n) is 9.59. The average Bonchev–Trinajstić information content (AvgIpc) is 3.72. The Labute approximate surface area is 293 Å². The van der Waals surface area contributed by atoms with Gasteiger partial charge in [-0.2, -0.15) is 0 Å². The smallest absolute Gasteiger partial charge is 0.137 e. The van der Waals surface area contributed by atoms with Gasteiger partial charge in [0.25, 0.3) is 0 Å². The van der Waals surface area contributed by atoms with Crippen LogP contribution >= 0.6 is 11.3 Å². The van der Waals surface area contributed by atoms with E-state index in [-0.39, 0.29) is 0 Å². The van der Waals surface area contributed by atoms with Gasteiger partial charge in [0.1, 0.15) is 11.2 Å². The van der Waals surface area contributed by atoms with Crippen LogP contribution in [0.4, 0.5) is 34.1 Å². The predicted molar refractivity (Wildman–Crippen MR) is 213 cm³/mol. The Morgan fingerprint density at radius 3 is 1.46 bits per heavy atom. The Kier molecular flexibility index (Phi) is 6.68. The lowest BCUT2D eigenvalue weighted by Gasteiger charge is -2.27. The summed E-state index contributed by atoms with van der Waals surface area (Å²) in [5.74, 6) is 0. The standard InChI is InChI=1S/C46H30N2OS/c1-5-15-31(16-6-1)47(32-17-7-2-8-18-32)35-25-26-37-39-29-44-40(28-43(39)49-42(37)27-35)46-38-24-14-13-23-36(38)41(30-45(46)50-44)48(33-19-9-3-10-20-33)34-21-11-4-12-22-34/h1-30H. The molecule has 236 valence electrons. The maximum absolute atomic E-state index is 6.70. The number of hydrogen-bond donors (Lipinski definition) is 0. The second-order valence-electron chi connectivity index (χ2n) is 12.6. The minimum absolute atomic E-state index is 0.879. The molecule has 3 nitrogen and oxygen atoms in total. The molecule has 4 heteroatoms. The molecule has 8 aromatic carbocycles. The Morgan fingerprint density at radius 1 is 0.340 bits per heavy atom. The fourth-order valence-corrected chi connectivity index (χ4v) is 8.56. The maximum Gasteiger partial charge on any atom is 0.137 e. The van der Waals surface area contributed by atoms with E-state index < -0.39 is 0 Å². The highest BCUT2D eigenvalue weighted by Crippen LogP contribution is 2.48. The third-order valence-corrected chi connectivity index (χ3v) is 10.7. The Hall–Kier alpha value is -6.36. The quantitative estimate of drug-likeness (QED) is 0.177. The van der Waals surface area contributed by atoms with Crippen molar-refractivity contribution in [3.63, 3.8) is 0 Å². The lowest BCUT2D eigenvalue weighted by atomic mass is 10.00. The third kappa shape index (κ3) is 4.65. The molecule has 2 heterocycles. The normalized spacial score (nSPS) is 11.6. The molecule has 0 fully saturated rings.